The van der Waals surface area contributed by atoms with Crippen molar-refractivity contribution in [3.8, 4) is 0 Å². The summed E-state index contributed by atoms with van der Waals surface area (Å²) >= 11 is 1.48. The molecule has 94 valence electrons. The molecule has 0 fully saturated rings. The number of thiophene rings is 1. The highest BCUT2D eigenvalue weighted by Gasteiger charge is 2.15. The average molecular weight is 268 g/mol. The number of hydrogen-bond acceptors (Lipinski definition) is 4. The Kier molecular flexibility index (Phi) is 3.01. The number of carbonyl (C=O) groups is 1. The fourth-order valence-electron chi connectivity index (χ4n) is 1.99. The van der Waals surface area contributed by atoms with Crippen molar-refractivity contribution in [2.24, 2.45) is 0 Å². The summed E-state index contributed by atoms with van der Waals surface area (Å²) in [6, 6.07) is 11.8. The molecule has 3 rings (SSSR count). The standard InChI is InChI=1S/C15H12N2OS/c1-10(18)15-14(17-11-5-3-2-4-6-11)12-7-8-16-9-13(12)19-15/h2-9,17H,1H3. The maximum Gasteiger partial charge on any atom is 0.171 e. The molecule has 0 aliphatic heterocycles. The van der Waals surface area contributed by atoms with Crippen molar-refractivity contribution in [1.29, 1.82) is 0 Å². The summed E-state index contributed by atoms with van der Waals surface area (Å²) in [6.45, 7) is 1.59. The van der Waals surface area contributed by atoms with Crippen molar-refractivity contribution in [2.75, 3.05) is 5.32 Å². The molecule has 0 saturated heterocycles. The van der Waals surface area contributed by atoms with Gasteiger partial charge in [0.1, 0.15) is 0 Å². The van der Waals surface area contributed by atoms with Gasteiger partial charge < -0.3 is 5.32 Å². The Labute approximate surface area is 114 Å². The van der Waals surface area contributed by atoms with E-state index in [1.54, 1.807) is 19.3 Å². The Hall–Kier alpha value is -2.20. The Morgan fingerprint density at radius 2 is 2.00 bits per heavy atom. The van der Waals surface area contributed by atoms with Crippen molar-refractivity contribution >= 4 is 38.6 Å². The summed E-state index contributed by atoms with van der Waals surface area (Å²) < 4.78 is 1.02. The third kappa shape index (κ3) is 2.22. The topological polar surface area (TPSA) is 42.0 Å². The zero-order valence-electron chi connectivity index (χ0n) is 10.4. The molecule has 0 saturated carbocycles. The molecule has 2 aromatic heterocycles. The van der Waals surface area contributed by atoms with Gasteiger partial charge in [-0.05, 0) is 18.2 Å². The van der Waals surface area contributed by atoms with Crippen molar-refractivity contribution in [3.63, 3.8) is 0 Å². The number of rotatable bonds is 3. The molecule has 3 nitrogen and oxygen atoms in total. The number of ketones is 1. The number of hydrogen-bond donors (Lipinski definition) is 1. The van der Waals surface area contributed by atoms with E-state index in [4.69, 9.17) is 0 Å². The van der Waals surface area contributed by atoms with Crippen molar-refractivity contribution < 1.29 is 4.79 Å². The number of anilines is 2. The summed E-state index contributed by atoms with van der Waals surface area (Å²) in [5, 5.41) is 4.37. The zero-order valence-corrected chi connectivity index (χ0v) is 11.2. The number of nitrogens with one attached hydrogen (secondary N) is 1. The third-order valence-corrected chi connectivity index (χ3v) is 4.10. The van der Waals surface area contributed by atoms with E-state index < -0.39 is 0 Å². The molecule has 0 aliphatic rings. The molecule has 0 aliphatic carbocycles. The molecule has 0 bridgehead atoms. The van der Waals surface area contributed by atoms with Gasteiger partial charge in [0.25, 0.3) is 0 Å². The lowest BCUT2D eigenvalue weighted by Crippen LogP contribution is -1.96. The number of aromatic nitrogens is 1. The van der Waals surface area contributed by atoms with Crippen LogP contribution in [0.1, 0.15) is 16.6 Å². The van der Waals surface area contributed by atoms with Gasteiger partial charge in [-0.3, -0.25) is 9.78 Å². The molecule has 4 heteroatoms. The highest BCUT2D eigenvalue weighted by molar-refractivity contribution is 7.21. The van der Waals surface area contributed by atoms with Crippen LogP contribution in [-0.4, -0.2) is 10.8 Å². The Bertz CT molecular complexity index is 734. The van der Waals surface area contributed by atoms with Crippen LogP contribution in [0.15, 0.2) is 48.8 Å². The molecule has 1 aromatic carbocycles. The van der Waals surface area contributed by atoms with E-state index in [0.717, 1.165) is 26.3 Å². The second-order valence-electron chi connectivity index (χ2n) is 4.23. The number of fused-ring (bicyclic) bond motifs is 1. The minimum absolute atomic E-state index is 0.0691. The fraction of sp³-hybridized carbons (Fsp3) is 0.0667. The molecule has 0 radical (unpaired) electrons. The predicted molar refractivity (Wildman–Crippen MR) is 79.3 cm³/mol. The first-order valence-electron chi connectivity index (χ1n) is 5.95. The van der Waals surface area contributed by atoms with Gasteiger partial charge in [0.15, 0.2) is 5.78 Å². The van der Waals surface area contributed by atoms with E-state index in [9.17, 15) is 4.79 Å². The highest BCUT2D eigenvalue weighted by Crippen LogP contribution is 2.37. The van der Waals surface area contributed by atoms with Gasteiger partial charge in [-0.2, -0.15) is 0 Å². The van der Waals surface area contributed by atoms with E-state index in [2.05, 4.69) is 10.3 Å². The molecule has 0 atom stereocenters. The SMILES string of the molecule is CC(=O)c1sc2cnccc2c1Nc1ccccc1. The van der Waals surface area contributed by atoms with Crippen LogP contribution >= 0.6 is 11.3 Å². The van der Waals surface area contributed by atoms with Crippen molar-refractivity contribution in [2.45, 2.75) is 6.92 Å². The zero-order chi connectivity index (χ0) is 13.2. The molecule has 3 aromatic rings. The third-order valence-electron chi connectivity index (χ3n) is 2.86. The normalized spacial score (nSPS) is 10.6. The summed E-state index contributed by atoms with van der Waals surface area (Å²) in [7, 11) is 0. The van der Waals surface area contributed by atoms with Gasteiger partial charge in [-0.15, -0.1) is 11.3 Å². The van der Waals surface area contributed by atoms with Gasteiger partial charge in [0, 0.05) is 30.4 Å². The molecular weight excluding hydrogens is 256 g/mol. The lowest BCUT2D eigenvalue weighted by molar-refractivity contribution is 0.102. The largest absolute Gasteiger partial charge is 0.354 e. The highest BCUT2D eigenvalue weighted by atomic mass is 32.1. The molecule has 0 amide bonds. The predicted octanol–water partition coefficient (Wildman–Crippen LogP) is 4.24. The lowest BCUT2D eigenvalue weighted by Gasteiger charge is -2.06. The first-order valence-corrected chi connectivity index (χ1v) is 6.77. The maximum atomic E-state index is 11.8. The Morgan fingerprint density at radius 3 is 2.74 bits per heavy atom. The summed E-state index contributed by atoms with van der Waals surface area (Å²) in [5.74, 6) is 0.0691. The first kappa shape index (κ1) is 11.9. The molecular formula is C15H12N2OS. The summed E-state index contributed by atoms with van der Waals surface area (Å²) in [5.41, 5.74) is 1.85. The van der Waals surface area contributed by atoms with Crippen molar-refractivity contribution in [1.82, 2.24) is 4.98 Å². The van der Waals surface area contributed by atoms with E-state index in [1.807, 2.05) is 36.4 Å². The van der Waals surface area contributed by atoms with Crippen LogP contribution in [0.2, 0.25) is 0 Å². The van der Waals surface area contributed by atoms with Gasteiger partial charge in [0.2, 0.25) is 0 Å². The van der Waals surface area contributed by atoms with Gasteiger partial charge >= 0.3 is 0 Å². The van der Waals surface area contributed by atoms with Crippen LogP contribution in [0.3, 0.4) is 0 Å². The van der Waals surface area contributed by atoms with E-state index in [1.165, 1.54) is 11.3 Å². The molecule has 0 spiro atoms. The monoisotopic (exact) mass is 268 g/mol. The first-order chi connectivity index (χ1) is 9.25. The quantitative estimate of drug-likeness (QED) is 0.722. The number of benzene rings is 1. The molecule has 19 heavy (non-hydrogen) atoms. The number of para-hydroxylation sites is 1. The lowest BCUT2D eigenvalue weighted by atomic mass is 10.2. The number of carbonyl (C=O) groups excluding carboxylic acids is 1. The number of nitrogens with zero attached hydrogens (tertiary/aromatic N) is 1. The second kappa shape index (κ2) is 4.82. The van der Waals surface area contributed by atoms with Gasteiger partial charge in [-0.25, -0.2) is 0 Å². The molecule has 1 N–H and O–H groups in total. The number of Topliss-reactive ketones (excluding diaryl/α,β-unsaturated/α-hetero) is 1. The van der Waals surface area contributed by atoms with Crippen LogP contribution in [0.25, 0.3) is 10.1 Å². The van der Waals surface area contributed by atoms with Crippen molar-refractivity contribution in [3.05, 3.63) is 53.7 Å². The van der Waals surface area contributed by atoms with Crippen LogP contribution in [0.5, 0.6) is 0 Å². The fourth-order valence-corrected chi connectivity index (χ4v) is 3.01. The van der Waals surface area contributed by atoms with E-state index in [-0.39, 0.29) is 5.78 Å². The average Bonchev–Trinajstić information content (AvgIpc) is 2.79. The van der Waals surface area contributed by atoms with E-state index in [0.29, 0.717) is 0 Å². The maximum absolute atomic E-state index is 11.8. The van der Waals surface area contributed by atoms with Crippen LogP contribution in [0.4, 0.5) is 11.4 Å². The van der Waals surface area contributed by atoms with Gasteiger partial charge in [0.05, 0.1) is 15.3 Å². The van der Waals surface area contributed by atoms with Crippen LogP contribution in [-0.2, 0) is 0 Å². The minimum Gasteiger partial charge on any atom is -0.354 e. The summed E-state index contributed by atoms with van der Waals surface area (Å²) in [6.07, 6.45) is 3.54. The van der Waals surface area contributed by atoms with E-state index >= 15 is 0 Å². The Balaban J connectivity index is 2.15. The summed E-state index contributed by atoms with van der Waals surface area (Å²) in [4.78, 5) is 16.6. The smallest absolute Gasteiger partial charge is 0.171 e. The van der Waals surface area contributed by atoms with Crippen LogP contribution in [0, 0.1) is 0 Å². The van der Waals surface area contributed by atoms with Crippen LogP contribution < -0.4 is 5.32 Å². The minimum atomic E-state index is 0.0691. The second-order valence-corrected chi connectivity index (χ2v) is 5.28. The van der Waals surface area contributed by atoms with Gasteiger partial charge in [-0.1, -0.05) is 18.2 Å². The Morgan fingerprint density at radius 1 is 1.21 bits per heavy atom. The number of pyridine rings is 1. The molecule has 0 unspecified atom stereocenters. The molecule has 2 heterocycles.